The zero-order valence-corrected chi connectivity index (χ0v) is 10.3. The van der Waals surface area contributed by atoms with E-state index in [0.717, 1.165) is 5.69 Å². The quantitative estimate of drug-likeness (QED) is 0.617. The number of anilines is 1. The second-order valence-electron chi connectivity index (χ2n) is 4.62. The molecule has 8 nitrogen and oxygen atoms in total. The molecule has 2 rings (SSSR count). The average molecular weight is 267 g/mol. The summed E-state index contributed by atoms with van der Waals surface area (Å²) in [6, 6.07) is 2.95. The number of aromatic nitrogens is 1. The van der Waals surface area contributed by atoms with Crippen LogP contribution in [0.3, 0.4) is 0 Å². The molecule has 8 heteroatoms. The summed E-state index contributed by atoms with van der Waals surface area (Å²) in [5.74, 6) is -1.20. The lowest BCUT2D eigenvalue weighted by molar-refractivity contribution is -0.389. The van der Waals surface area contributed by atoms with E-state index in [-0.39, 0.29) is 12.4 Å². The van der Waals surface area contributed by atoms with Crippen LogP contribution in [0.25, 0.3) is 0 Å². The van der Waals surface area contributed by atoms with E-state index in [0.29, 0.717) is 13.1 Å². The summed E-state index contributed by atoms with van der Waals surface area (Å²) in [6.45, 7) is 2.55. The minimum Gasteiger partial charge on any atom is -0.480 e. The first kappa shape index (κ1) is 13.2. The molecule has 1 aromatic heterocycles. The highest BCUT2D eigenvalue weighted by Crippen LogP contribution is 2.30. The van der Waals surface area contributed by atoms with Crippen LogP contribution in [0.2, 0.25) is 0 Å². The van der Waals surface area contributed by atoms with Gasteiger partial charge in [-0.25, -0.2) is 4.79 Å². The van der Waals surface area contributed by atoms with Crippen LogP contribution in [0.1, 0.15) is 6.92 Å². The third kappa shape index (κ3) is 2.97. The number of nitrogens with zero attached hydrogens (tertiary/aromatic N) is 3. The van der Waals surface area contributed by atoms with E-state index in [1.807, 2.05) is 11.8 Å². The van der Waals surface area contributed by atoms with Gasteiger partial charge >= 0.3 is 11.8 Å². The second kappa shape index (κ2) is 4.81. The van der Waals surface area contributed by atoms with Crippen molar-refractivity contribution in [3.63, 3.8) is 0 Å². The molecule has 2 heterocycles. The molecule has 19 heavy (non-hydrogen) atoms. The van der Waals surface area contributed by atoms with Gasteiger partial charge in [-0.05, 0) is 22.9 Å². The van der Waals surface area contributed by atoms with Crippen LogP contribution in [0.15, 0.2) is 18.3 Å². The highest BCUT2D eigenvalue weighted by molar-refractivity contribution is 5.68. The fraction of sp³-hybridized carbons (Fsp3) is 0.455. The van der Waals surface area contributed by atoms with Gasteiger partial charge in [-0.3, -0.25) is 0 Å². The Labute approximate surface area is 108 Å². The van der Waals surface area contributed by atoms with Crippen molar-refractivity contribution >= 4 is 17.5 Å². The first-order chi connectivity index (χ1) is 8.89. The van der Waals surface area contributed by atoms with Crippen LogP contribution in [0.5, 0.6) is 0 Å². The van der Waals surface area contributed by atoms with Gasteiger partial charge in [-0.2, -0.15) is 0 Å². The van der Waals surface area contributed by atoms with Crippen LogP contribution < -0.4 is 4.90 Å². The molecule has 0 aromatic carbocycles. The Balaban J connectivity index is 1.92. The number of ether oxygens (including phenoxy) is 1. The van der Waals surface area contributed by atoms with E-state index >= 15 is 0 Å². The summed E-state index contributed by atoms with van der Waals surface area (Å²) >= 11 is 0. The van der Waals surface area contributed by atoms with Gasteiger partial charge in [0.05, 0.1) is 5.69 Å². The minimum atomic E-state index is -1.00. The van der Waals surface area contributed by atoms with Crippen molar-refractivity contribution in [3.05, 3.63) is 28.4 Å². The maximum atomic E-state index is 10.5. The highest BCUT2D eigenvalue weighted by atomic mass is 16.6. The van der Waals surface area contributed by atoms with E-state index in [1.54, 1.807) is 6.07 Å². The monoisotopic (exact) mass is 267 g/mol. The van der Waals surface area contributed by atoms with Crippen LogP contribution in [0, 0.1) is 10.1 Å². The summed E-state index contributed by atoms with van der Waals surface area (Å²) in [6.07, 6.45) is 1.43. The van der Waals surface area contributed by atoms with Gasteiger partial charge in [-0.15, -0.1) is 0 Å². The smallest absolute Gasteiger partial charge is 0.363 e. The van der Waals surface area contributed by atoms with Crippen molar-refractivity contribution in [3.8, 4) is 0 Å². The number of hydrogen-bond donors (Lipinski definition) is 1. The molecule has 0 bridgehead atoms. The van der Waals surface area contributed by atoms with Crippen molar-refractivity contribution < 1.29 is 19.6 Å². The van der Waals surface area contributed by atoms with Gasteiger partial charge in [-0.1, -0.05) is 0 Å². The molecule has 1 saturated heterocycles. The third-order valence-corrected chi connectivity index (χ3v) is 2.88. The molecule has 1 N–H and O–H groups in total. The van der Waals surface area contributed by atoms with Crippen molar-refractivity contribution in [2.24, 2.45) is 0 Å². The number of nitro groups is 1. The summed E-state index contributed by atoms with van der Waals surface area (Å²) in [5.41, 5.74) is 0.252. The average Bonchev–Trinajstić information content (AvgIpc) is 2.33. The van der Waals surface area contributed by atoms with Gasteiger partial charge in [0, 0.05) is 19.2 Å². The number of aliphatic carboxylic acids is 1. The Morgan fingerprint density at radius 1 is 1.63 bits per heavy atom. The van der Waals surface area contributed by atoms with Crippen LogP contribution in [-0.2, 0) is 9.53 Å². The van der Waals surface area contributed by atoms with Crippen molar-refractivity contribution in [2.45, 2.75) is 12.5 Å². The zero-order chi connectivity index (χ0) is 14.0. The number of pyridine rings is 1. The molecular formula is C11H13N3O5. The highest BCUT2D eigenvalue weighted by Gasteiger charge is 2.40. The van der Waals surface area contributed by atoms with E-state index in [2.05, 4.69) is 4.98 Å². The molecule has 102 valence electrons. The van der Waals surface area contributed by atoms with Crippen LogP contribution in [0.4, 0.5) is 11.5 Å². The maximum absolute atomic E-state index is 10.5. The third-order valence-electron chi connectivity index (χ3n) is 2.88. The van der Waals surface area contributed by atoms with Crippen molar-refractivity contribution in [1.82, 2.24) is 4.98 Å². The van der Waals surface area contributed by atoms with E-state index in [1.165, 1.54) is 12.3 Å². The molecule has 0 unspecified atom stereocenters. The first-order valence-corrected chi connectivity index (χ1v) is 5.61. The second-order valence-corrected chi connectivity index (χ2v) is 4.62. The molecule has 0 radical (unpaired) electrons. The zero-order valence-electron chi connectivity index (χ0n) is 10.3. The normalized spacial score (nSPS) is 16.8. The fourth-order valence-corrected chi connectivity index (χ4v) is 1.94. The SMILES string of the molecule is CC1(OCC(=O)O)CN(c2ccc([N+](=O)[O-])nc2)C1. The van der Waals surface area contributed by atoms with E-state index < -0.39 is 16.5 Å². The first-order valence-electron chi connectivity index (χ1n) is 5.61. The summed E-state index contributed by atoms with van der Waals surface area (Å²) in [5, 5.41) is 19.0. The number of rotatable bonds is 5. The largest absolute Gasteiger partial charge is 0.480 e. The maximum Gasteiger partial charge on any atom is 0.363 e. The lowest BCUT2D eigenvalue weighted by Gasteiger charge is -2.48. The number of carboxylic acid groups (broad SMARTS) is 1. The summed E-state index contributed by atoms with van der Waals surface area (Å²) in [4.78, 5) is 26.0. The van der Waals surface area contributed by atoms with Gasteiger partial charge in [0.25, 0.3) is 0 Å². The minimum absolute atomic E-state index is 0.200. The van der Waals surface area contributed by atoms with Crippen LogP contribution in [-0.4, -0.2) is 46.3 Å². The molecular weight excluding hydrogens is 254 g/mol. The number of carbonyl (C=O) groups is 1. The molecule has 0 atom stereocenters. The van der Waals surface area contributed by atoms with Gasteiger partial charge in [0.1, 0.15) is 12.2 Å². The lowest BCUT2D eigenvalue weighted by Crippen LogP contribution is -2.62. The summed E-state index contributed by atoms with van der Waals surface area (Å²) < 4.78 is 5.27. The topological polar surface area (TPSA) is 106 Å². The Bertz CT molecular complexity index is 496. The Kier molecular flexibility index (Phi) is 3.34. The Hall–Kier alpha value is -2.22. The standard InChI is InChI=1S/C11H13N3O5/c1-11(19-5-10(15)16)6-13(7-11)8-2-3-9(12-4-8)14(17)18/h2-4H,5-7H2,1H3,(H,15,16). The predicted octanol–water partition coefficient (Wildman–Crippen LogP) is 0.670. The van der Waals surface area contributed by atoms with E-state index in [4.69, 9.17) is 9.84 Å². The lowest BCUT2D eigenvalue weighted by atomic mass is 9.96. The predicted molar refractivity (Wildman–Crippen MR) is 65.1 cm³/mol. The summed E-state index contributed by atoms with van der Waals surface area (Å²) in [7, 11) is 0. The molecule has 0 amide bonds. The van der Waals surface area contributed by atoms with Crippen molar-refractivity contribution in [2.75, 3.05) is 24.6 Å². The molecule has 1 fully saturated rings. The molecule has 0 spiro atoms. The molecule has 1 aromatic rings. The van der Waals surface area contributed by atoms with Gasteiger partial charge in [0.15, 0.2) is 6.20 Å². The number of carboxylic acids is 1. The van der Waals surface area contributed by atoms with Crippen LogP contribution >= 0.6 is 0 Å². The Morgan fingerprint density at radius 3 is 2.79 bits per heavy atom. The molecule has 0 saturated carbocycles. The van der Waals surface area contributed by atoms with Gasteiger partial charge in [0.2, 0.25) is 0 Å². The van der Waals surface area contributed by atoms with Gasteiger partial charge < -0.3 is 24.9 Å². The fourth-order valence-electron chi connectivity index (χ4n) is 1.94. The molecule has 0 aliphatic carbocycles. The van der Waals surface area contributed by atoms with Crippen molar-refractivity contribution in [1.29, 1.82) is 0 Å². The Morgan fingerprint density at radius 2 is 2.32 bits per heavy atom. The molecule has 1 aliphatic heterocycles. The van der Waals surface area contributed by atoms with E-state index in [9.17, 15) is 14.9 Å². The molecule has 1 aliphatic rings. The number of hydrogen-bond acceptors (Lipinski definition) is 6.